The molecule has 1 aliphatic rings. The fourth-order valence-corrected chi connectivity index (χ4v) is 3.90. The van der Waals surface area contributed by atoms with Gasteiger partial charge < -0.3 is 9.64 Å². The number of carbonyl (C=O) groups is 2. The largest absolute Gasteiger partial charge is 0.482 e. The van der Waals surface area contributed by atoms with Gasteiger partial charge in [-0.05, 0) is 42.5 Å². The number of thiazole rings is 1. The van der Waals surface area contributed by atoms with Gasteiger partial charge in [-0.15, -0.1) is 17.9 Å². The predicted octanol–water partition coefficient (Wildman–Crippen LogP) is 4.74. The molecule has 146 valence electrons. The van der Waals surface area contributed by atoms with Crippen molar-refractivity contribution in [2.45, 2.75) is 0 Å². The van der Waals surface area contributed by atoms with Crippen LogP contribution in [0.3, 0.4) is 0 Å². The molecule has 0 aliphatic carbocycles. The molecule has 0 radical (unpaired) electrons. The first-order chi connectivity index (χ1) is 14.0. The topological polar surface area (TPSA) is 71.5 Å². The first kappa shape index (κ1) is 19.4. The van der Waals surface area contributed by atoms with Crippen LogP contribution in [-0.2, 0) is 4.79 Å². The summed E-state index contributed by atoms with van der Waals surface area (Å²) in [6.07, 6.45) is 1.68. The number of ether oxygens (including phenoxy) is 1. The van der Waals surface area contributed by atoms with E-state index in [0.29, 0.717) is 34.4 Å². The van der Waals surface area contributed by atoms with Crippen molar-refractivity contribution in [2.24, 2.45) is 0 Å². The second-order valence-electron chi connectivity index (χ2n) is 6.26. The number of benzene rings is 2. The Bertz CT molecular complexity index is 1090. The van der Waals surface area contributed by atoms with Crippen molar-refractivity contribution in [3.8, 4) is 17.0 Å². The van der Waals surface area contributed by atoms with Crippen LogP contribution in [0.5, 0.6) is 5.75 Å². The number of fused-ring (bicyclic) bond motifs is 1. The monoisotopic (exact) mass is 469 g/mol. The van der Waals surface area contributed by atoms with E-state index in [1.54, 1.807) is 23.1 Å². The number of amides is 2. The molecule has 0 saturated heterocycles. The summed E-state index contributed by atoms with van der Waals surface area (Å²) in [4.78, 5) is 30.7. The lowest BCUT2D eigenvalue weighted by Gasteiger charge is -2.28. The number of carbonyl (C=O) groups excluding carboxylic acids is 2. The minimum Gasteiger partial charge on any atom is -0.482 e. The van der Waals surface area contributed by atoms with Crippen LogP contribution in [-0.4, -0.2) is 29.9 Å². The molecule has 2 aromatic carbocycles. The minimum atomic E-state index is -0.222. The molecule has 0 unspecified atom stereocenters. The molecule has 1 aliphatic heterocycles. The van der Waals surface area contributed by atoms with Crippen LogP contribution in [0.25, 0.3) is 11.3 Å². The molecule has 3 aromatic rings. The quantitative estimate of drug-likeness (QED) is 0.547. The smallest absolute Gasteiger partial charge is 0.265 e. The summed E-state index contributed by atoms with van der Waals surface area (Å²) in [7, 11) is 0. The van der Waals surface area contributed by atoms with Gasteiger partial charge in [0.1, 0.15) is 5.75 Å². The molecule has 4 rings (SSSR count). The van der Waals surface area contributed by atoms with Gasteiger partial charge in [-0.3, -0.25) is 14.9 Å². The third kappa shape index (κ3) is 4.08. The second kappa shape index (κ2) is 8.18. The van der Waals surface area contributed by atoms with Crippen molar-refractivity contribution >= 4 is 49.9 Å². The second-order valence-corrected chi connectivity index (χ2v) is 8.04. The third-order valence-corrected chi connectivity index (χ3v) is 5.63. The number of hydrogen-bond acceptors (Lipinski definition) is 5. The fourth-order valence-electron chi connectivity index (χ4n) is 2.93. The Hall–Kier alpha value is -2.97. The van der Waals surface area contributed by atoms with Gasteiger partial charge in [-0.1, -0.05) is 22.0 Å². The van der Waals surface area contributed by atoms with E-state index in [9.17, 15) is 9.59 Å². The van der Waals surface area contributed by atoms with E-state index in [-0.39, 0.29) is 18.4 Å². The van der Waals surface area contributed by atoms with Gasteiger partial charge in [0.05, 0.1) is 11.4 Å². The maximum Gasteiger partial charge on any atom is 0.265 e. The molecule has 8 heteroatoms. The highest BCUT2D eigenvalue weighted by atomic mass is 79.9. The van der Waals surface area contributed by atoms with Gasteiger partial charge in [-0.25, -0.2) is 4.98 Å². The zero-order valence-electron chi connectivity index (χ0n) is 15.2. The number of halogens is 1. The van der Waals surface area contributed by atoms with Gasteiger partial charge in [0.25, 0.3) is 11.8 Å². The zero-order chi connectivity index (χ0) is 20.4. The molecule has 2 heterocycles. The van der Waals surface area contributed by atoms with Crippen LogP contribution in [0.1, 0.15) is 10.4 Å². The first-order valence-corrected chi connectivity index (χ1v) is 10.4. The molecule has 0 fully saturated rings. The average Bonchev–Trinajstić information content (AvgIpc) is 3.19. The minimum absolute atomic E-state index is 0.0170. The Balaban J connectivity index is 1.56. The Morgan fingerprint density at radius 1 is 1.31 bits per heavy atom. The molecule has 1 aromatic heterocycles. The average molecular weight is 470 g/mol. The molecule has 6 nitrogen and oxygen atoms in total. The Kier molecular flexibility index (Phi) is 5.46. The SMILES string of the molecule is C=CCN1C(=O)COc2ccc(-c3csc(NC(=O)c4ccc(Br)cc4)n3)cc21. The normalized spacial score (nSPS) is 12.9. The van der Waals surface area contributed by atoms with Crippen LogP contribution in [0.4, 0.5) is 10.8 Å². The van der Waals surface area contributed by atoms with Crippen LogP contribution >= 0.6 is 27.3 Å². The van der Waals surface area contributed by atoms with Gasteiger partial charge in [-0.2, -0.15) is 0 Å². The lowest BCUT2D eigenvalue weighted by Crippen LogP contribution is -2.38. The maximum absolute atomic E-state index is 12.4. The highest BCUT2D eigenvalue weighted by Crippen LogP contribution is 2.36. The van der Waals surface area contributed by atoms with E-state index in [4.69, 9.17) is 4.74 Å². The van der Waals surface area contributed by atoms with Crippen molar-refractivity contribution in [1.82, 2.24) is 4.98 Å². The molecule has 0 atom stereocenters. The maximum atomic E-state index is 12.4. The highest BCUT2D eigenvalue weighted by molar-refractivity contribution is 9.10. The van der Waals surface area contributed by atoms with Crippen LogP contribution in [0, 0.1) is 0 Å². The number of aromatic nitrogens is 1. The van der Waals surface area contributed by atoms with Crippen molar-refractivity contribution in [2.75, 3.05) is 23.4 Å². The number of nitrogens with one attached hydrogen (secondary N) is 1. The van der Waals surface area contributed by atoms with Crippen LogP contribution < -0.4 is 15.0 Å². The summed E-state index contributed by atoms with van der Waals surface area (Å²) in [6, 6.07) is 12.7. The zero-order valence-corrected chi connectivity index (χ0v) is 17.6. The number of rotatable bonds is 5. The Morgan fingerprint density at radius 2 is 2.10 bits per heavy atom. The molecule has 0 spiro atoms. The number of anilines is 2. The first-order valence-electron chi connectivity index (χ1n) is 8.76. The molecular formula is C21H16BrN3O3S. The van der Waals surface area contributed by atoms with Crippen molar-refractivity contribution in [1.29, 1.82) is 0 Å². The summed E-state index contributed by atoms with van der Waals surface area (Å²) in [5.74, 6) is 0.310. The van der Waals surface area contributed by atoms with Gasteiger partial charge >= 0.3 is 0 Å². The number of hydrogen-bond donors (Lipinski definition) is 1. The standard InChI is InChI=1S/C21H16BrN3O3S/c1-2-9-25-17-10-14(5-8-18(17)28-11-19(25)26)16-12-29-21(23-16)24-20(27)13-3-6-15(22)7-4-13/h2-8,10,12H,1,9,11H2,(H,23,24,27). The van der Waals surface area contributed by atoms with Gasteiger partial charge in [0, 0.05) is 27.5 Å². The van der Waals surface area contributed by atoms with Crippen LogP contribution in [0.2, 0.25) is 0 Å². The molecule has 0 saturated carbocycles. The van der Waals surface area contributed by atoms with E-state index in [0.717, 1.165) is 10.0 Å². The van der Waals surface area contributed by atoms with E-state index in [1.807, 2.05) is 35.7 Å². The van der Waals surface area contributed by atoms with E-state index < -0.39 is 0 Å². The van der Waals surface area contributed by atoms with Crippen molar-refractivity contribution in [3.63, 3.8) is 0 Å². The molecule has 2 amide bonds. The lowest BCUT2D eigenvalue weighted by atomic mass is 10.1. The third-order valence-electron chi connectivity index (χ3n) is 4.34. The summed E-state index contributed by atoms with van der Waals surface area (Å²) in [6.45, 7) is 4.14. The van der Waals surface area contributed by atoms with Gasteiger partial charge in [0.15, 0.2) is 11.7 Å². The lowest BCUT2D eigenvalue weighted by molar-refractivity contribution is -0.121. The summed E-state index contributed by atoms with van der Waals surface area (Å²) in [5.41, 5.74) is 2.78. The van der Waals surface area contributed by atoms with Gasteiger partial charge in [0.2, 0.25) is 0 Å². The highest BCUT2D eigenvalue weighted by Gasteiger charge is 2.25. The summed E-state index contributed by atoms with van der Waals surface area (Å²) >= 11 is 4.69. The van der Waals surface area contributed by atoms with E-state index >= 15 is 0 Å². The molecule has 1 N–H and O–H groups in total. The van der Waals surface area contributed by atoms with Crippen molar-refractivity contribution in [3.05, 3.63) is 70.5 Å². The van der Waals surface area contributed by atoms with Crippen molar-refractivity contribution < 1.29 is 14.3 Å². The predicted molar refractivity (Wildman–Crippen MR) is 118 cm³/mol. The fraction of sp³-hybridized carbons (Fsp3) is 0.0952. The van der Waals surface area contributed by atoms with E-state index in [1.165, 1.54) is 11.3 Å². The summed E-state index contributed by atoms with van der Waals surface area (Å²) in [5, 5.41) is 5.18. The molecule has 29 heavy (non-hydrogen) atoms. The molecule has 0 bridgehead atoms. The molecular weight excluding hydrogens is 454 g/mol. The Morgan fingerprint density at radius 3 is 2.86 bits per heavy atom. The van der Waals surface area contributed by atoms with Crippen LogP contribution in [0.15, 0.2) is 65.0 Å². The Labute approximate surface area is 180 Å². The van der Waals surface area contributed by atoms with E-state index in [2.05, 4.69) is 32.8 Å². The number of nitrogens with zero attached hydrogens (tertiary/aromatic N) is 2. The summed E-state index contributed by atoms with van der Waals surface area (Å²) < 4.78 is 6.42.